The molecule has 2 fully saturated rings. The van der Waals surface area contributed by atoms with Crippen molar-refractivity contribution in [2.24, 2.45) is 0 Å². The monoisotopic (exact) mass is 280 g/mol. The number of methoxy groups -OCH3 is 1. The Hall–Kier alpha value is -0.930. The lowest BCUT2D eigenvalue weighted by molar-refractivity contribution is 0.257. The number of rotatable bonds is 4. The predicted molar refractivity (Wildman–Crippen MR) is 79.2 cm³/mol. The number of ether oxygens (including phenoxy) is 1. The Bertz CT molecular complexity index is 461. The minimum absolute atomic E-state index is 0.528. The Morgan fingerprint density at radius 1 is 1.37 bits per heavy atom. The van der Waals surface area contributed by atoms with E-state index in [1.165, 1.54) is 19.3 Å². The van der Waals surface area contributed by atoms with E-state index < -0.39 is 0 Å². The van der Waals surface area contributed by atoms with Crippen LogP contribution in [0.4, 0.5) is 5.69 Å². The third-order valence-corrected chi connectivity index (χ3v) is 4.46. The zero-order valence-electron chi connectivity index (χ0n) is 11.5. The average Bonchev–Trinajstić information content (AvgIpc) is 3.15. The third-order valence-electron chi connectivity index (χ3n) is 4.16. The molecule has 3 rings (SSSR count). The molecule has 0 radical (unpaired) electrons. The topological polar surface area (TPSA) is 24.5 Å². The maximum Gasteiger partial charge on any atom is 0.137 e. The van der Waals surface area contributed by atoms with E-state index in [0.717, 1.165) is 24.0 Å². The second-order valence-corrected chi connectivity index (χ2v) is 6.11. The lowest BCUT2D eigenvalue weighted by Crippen LogP contribution is -2.30. The molecule has 2 aliphatic rings. The predicted octanol–water partition coefficient (Wildman–Crippen LogP) is 3.39. The largest absolute Gasteiger partial charge is 0.495 e. The van der Waals surface area contributed by atoms with Crippen LogP contribution in [0, 0.1) is 0 Å². The molecule has 1 saturated carbocycles. The summed E-state index contributed by atoms with van der Waals surface area (Å²) in [4.78, 5) is 2.64. The highest BCUT2D eigenvalue weighted by Crippen LogP contribution is 2.34. The Morgan fingerprint density at radius 3 is 2.79 bits per heavy atom. The van der Waals surface area contributed by atoms with Crippen LogP contribution in [-0.4, -0.2) is 36.7 Å². The minimum atomic E-state index is 0.528. The van der Waals surface area contributed by atoms with Crippen LogP contribution < -0.4 is 10.1 Å². The van der Waals surface area contributed by atoms with Crippen molar-refractivity contribution in [3.05, 3.63) is 23.2 Å². The minimum Gasteiger partial charge on any atom is -0.495 e. The number of anilines is 1. The van der Waals surface area contributed by atoms with E-state index in [2.05, 4.69) is 17.1 Å². The summed E-state index contributed by atoms with van der Waals surface area (Å²) >= 11 is 6.16. The van der Waals surface area contributed by atoms with Gasteiger partial charge in [-0.1, -0.05) is 11.6 Å². The van der Waals surface area contributed by atoms with Crippen molar-refractivity contribution in [3.63, 3.8) is 0 Å². The number of hydrogen-bond acceptors (Lipinski definition) is 3. The normalized spacial score (nSPS) is 27.5. The molecular weight excluding hydrogens is 260 g/mol. The molecule has 1 saturated heterocycles. The summed E-state index contributed by atoms with van der Waals surface area (Å²) in [6.07, 6.45) is 3.97. The van der Waals surface area contributed by atoms with Crippen LogP contribution in [0.25, 0.3) is 0 Å². The van der Waals surface area contributed by atoms with Crippen LogP contribution in [-0.2, 0) is 0 Å². The number of halogens is 1. The molecule has 19 heavy (non-hydrogen) atoms. The summed E-state index contributed by atoms with van der Waals surface area (Å²) in [5, 5.41) is 4.26. The smallest absolute Gasteiger partial charge is 0.137 e. The first kappa shape index (κ1) is 13.1. The van der Waals surface area contributed by atoms with E-state index in [0.29, 0.717) is 17.1 Å². The van der Waals surface area contributed by atoms with Crippen LogP contribution in [0.5, 0.6) is 5.75 Å². The average molecular weight is 281 g/mol. The Kier molecular flexibility index (Phi) is 3.59. The summed E-state index contributed by atoms with van der Waals surface area (Å²) < 4.78 is 5.18. The van der Waals surface area contributed by atoms with E-state index in [9.17, 15) is 0 Å². The van der Waals surface area contributed by atoms with Crippen molar-refractivity contribution in [1.29, 1.82) is 0 Å². The van der Waals surface area contributed by atoms with E-state index >= 15 is 0 Å². The SMILES string of the molecule is COc1ccc(NC2CC(C)N(C3CC3)C2)cc1Cl. The first-order chi connectivity index (χ1) is 9.17. The molecule has 104 valence electrons. The van der Waals surface area contributed by atoms with Crippen molar-refractivity contribution >= 4 is 17.3 Å². The van der Waals surface area contributed by atoms with Gasteiger partial charge < -0.3 is 10.1 Å². The van der Waals surface area contributed by atoms with Crippen LogP contribution in [0.2, 0.25) is 5.02 Å². The van der Waals surface area contributed by atoms with Gasteiger partial charge in [0, 0.05) is 30.4 Å². The number of nitrogens with zero attached hydrogens (tertiary/aromatic N) is 1. The maximum atomic E-state index is 6.16. The number of nitrogens with one attached hydrogen (secondary N) is 1. The van der Waals surface area contributed by atoms with Crippen molar-refractivity contribution in [2.75, 3.05) is 19.0 Å². The number of hydrogen-bond donors (Lipinski definition) is 1. The lowest BCUT2D eigenvalue weighted by atomic mass is 10.2. The molecule has 1 aromatic carbocycles. The Morgan fingerprint density at radius 2 is 2.16 bits per heavy atom. The van der Waals surface area contributed by atoms with Gasteiger partial charge in [0.2, 0.25) is 0 Å². The van der Waals surface area contributed by atoms with Crippen molar-refractivity contribution < 1.29 is 4.74 Å². The first-order valence-electron chi connectivity index (χ1n) is 7.03. The van der Waals surface area contributed by atoms with Crippen LogP contribution in [0.3, 0.4) is 0 Å². The molecule has 0 amide bonds. The lowest BCUT2D eigenvalue weighted by Gasteiger charge is -2.20. The zero-order chi connectivity index (χ0) is 13.4. The molecule has 0 aromatic heterocycles. The van der Waals surface area contributed by atoms with E-state index in [-0.39, 0.29) is 0 Å². The van der Waals surface area contributed by atoms with Crippen molar-refractivity contribution in [2.45, 2.75) is 44.3 Å². The van der Waals surface area contributed by atoms with Crippen molar-refractivity contribution in [1.82, 2.24) is 4.90 Å². The first-order valence-corrected chi connectivity index (χ1v) is 7.41. The quantitative estimate of drug-likeness (QED) is 0.915. The van der Waals surface area contributed by atoms with Gasteiger partial charge in [0.05, 0.1) is 12.1 Å². The standard InChI is InChI=1S/C15H21ClN2O/c1-10-7-12(9-18(10)13-4-5-13)17-11-3-6-15(19-2)14(16)8-11/h3,6,8,10,12-13,17H,4-5,7,9H2,1-2H3. The van der Waals surface area contributed by atoms with Crippen LogP contribution >= 0.6 is 11.6 Å². The maximum absolute atomic E-state index is 6.16. The second kappa shape index (κ2) is 5.22. The summed E-state index contributed by atoms with van der Waals surface area (Å²) in [6.45, 7) is 3.48. The third kappa shape index (κ3) is 2.82. The van der Waals surface area contributed by atoms with E-state index in [4.69, 9.17) is 16.3 Å². The fourth-order valence-electron chi connectivity index (χ4n) is 3.07. The summed E-state index contributed by atoms with van der Waals surface area (Å²) in [7, 11) is 1.64. The number of likely N-dealkylation sites (tertiary alicyclic amines) is 1. The van der Waals surface area contributed by atoms with Crippen molar-refractivity contribution in [3.8, 4) is 5.75 Å². The highest BCUT2D eigenvalue weighted by molar-refractivity contribution is 6.32. The van der Waals surface area contributed by atoms with Gasteiger partial charge in [-0.3, -0.25) is 4.90 Å². The summed E-state index contributed by atoms with van der Waals surface area (Å²) in [5.74, 6) is 0.728. The van der Waals surface area contributed by atoms with Gasteiger partial charge in [-0.25, -0.2) is 0 Å². The Labute approximate surface area is 119 Å². The molecule has 4 heteroatoms. The van der Waals surface area contributed by atoms with Gasteiger partial charge in [0.1, 0.15) is 5.75 Å². The Balaban J connectivity index is 1.64. The molecule has 2 unspecified atom stereocenters. The van der Waals surface area contributed by atoms with E-state index in [1.807, 2.05) is 18.2 Å². The van der Waals surface area contributed by atoms with Gasteiger partial charge in [0.25, 0.3) is 0 Å². The fourth-order valence-corrected chi connectivity index (χ4v) is 3.33. The molecular formula is C15H21ClN2O. The van der Waals surface area contributed by atoms with Gasteiger partial charge in [-0.2, -0.15) is 0 Å². The molecule has 1 heterocycles. The molecule has 2 atom stereocenters. The van der Waals surface area contributed by atoms with Gasteiger partial charge in [0.15, 0.2) is 0 Å². The molecule has 3 nitrogen and oxygen atoms in total. The highest BCUT2D eigenvalue weighted by Gasteiger charge is 2.38. The summed E-state index contributed by atoms with van der Waals surface area (Å²) in [6, 6.07) is 7.97. The van der Waals surface area contributed by atoms with Crippen LogP contribution in [0.15, 0.2) is 18.2 Å². The number of benzene rings is 1. The molecule has 1 aliphatic carbocycles. The molecule has 0 bridgehead atoms. The molecule has 1 aliphatic heterocycles. The van der Waals surface area contributed by atoms with Gasteiger partial charge in [-0.05, 0) is 44.4 Å². The van der Waals surface area contributed by atoms with Gasteiger partial charge >= 0.3 is 0 Å². The summed E-state index contributed by atoms with van der Waals surface area (Å²) in [5.41, 5.74) is 1.08. The molecule has 1 N–H and O–H groups in total. The zero-order valence-corrected chi connectivity index (χ0v) is 12.3. The molecule has 0 spiro atoms. The fraction of sp³-hybridized carbons (Fsp3) is 0.600. The van der Waals surface area contributed by atoms with Gasteiger partial charge in [-0.15, -0.1) is 0 Å². The second-order valence-electron chi connectivity index (χ2n) is 5.70. The van der Waals surface area contributed by atoms with E-state index in [1.54, 1.807) is 7.11 Å². The van der Waals surface area contributed by atoms with Crippen LogP contribution in [0.1, 0.15) is 26.2 Å². The molecule has 1 aromatic rings. The highest BCUT2D eigenvalue weighted by atomic mass is 35.5.